The normalized spacial score (nSPS) is 21.0. The van der Waals surface area contributed by atoms with E-state index >= 15 is 0 Å². The van der Waals surface area contributed by atoms with Crippen LogP contribution in [0, 0.1) is 17.3 Å². The number of hydrogen-bond donors (Lipinski definition) is 0. The van der Waals surface area contributed by atoms with Gasteiger partial charge in [-0.3, -0.25) is 0 Å². The van der Waals surface area contributed by atoms with Crippen LogP contribution in [-0.2, 0) is 9.59 Å². The van der Waals surface area contributed by atoms with E-state index in [9.17, 15) is 19.8 Å². The van der Waals surface area contributed by atoms with E-state index in [-0.39, 0.29) is 49.6 Å². The Morgan fingerprint density at radius 3 is 1.19 bits per heavy atom. The molecule has 108 valence electrons. The van der Waals surface area contributed by atoms with Crippen LogP contribution in [0.5, 0.6) is 0 Å². The minimum atomic E-state index is -1.75. The van der Waals surface area contributed by atoms with Crippen molar-refractivity contribution in [3.05, 3.63) is 0 Å². The summed E-state index contributed by atoms with van der Waals surface area (Å²) < 4.78 is 0. The first-order valence-electron chi connectivity index (χ1n) is 7.53. The standard InChI is InChI=1S/C15H24O4.2Li/c16-13(17)15(14(18)19,11-7-3-1-4-8-11)12-9-5-2-6-10-12;;/h11-12H,1-10H2,(H,16,17)(H,18,19);;/q;2*+1/p-2. The van der Waals surface area contributed by atoms with Crippen LogP contribution in [0.2, 0.25) is 0 Å². The summed E-state index contributed by atoms with van der Waals surface area (Å²) >= 11 is 0. The monoisotopic (exact) mass is 280 g/mol. The Morgan fingerprint density at radius 1 is 0.667 bits per heavy atom. The second-order valence-corrected chi connectivity index (χ2v) is 6.11. The van der Waals surface area contributed by atoms with E-state index in [1.807, 2.05) is 0 Å². The number of hydrogen-bond acceptors (Lipinski definition) is 4. The fraction of sp³-hybridized carbons (Fsp3) is 0.867. The summed E-state index contributed by atoms with van der Waals surface area (Å²) in [6.07, 6.45) is 8.52. The molecule has 0 saturated heterocycles. The molecular formula is C15H22Li2O4. The summed E-state index contributed by atoms with van der Waals surface area (Å²) in [5, 5.41) is 23.5. The molecule has 0 aromatic heterocycles. The molecule has 2 saturated carbocycles. The van der Waals surface area contributed by atoms with E-state index in [1.165, 1.54) is 0 Å². The fourth-order valence-electron chi connectivity index (χ4n) is 4.20. The van der Waals surface area contributed by atoms with Crippen LogP contribution in [0.1, 0.15) is 64.2 Å². The molecule has 0 heterocycles. The van der Waals surface area contributed by atoms with Gasteiger partial charge in [-0.25, -0.2) is 0 Å². The van der Waals surface area contributed by atoms with Gasteiger partial charge >= 0.3 is 37.7 Å². The molecular weight excluding hydrogens is 258 g/mol. The van der Waals surface area contributed by atoms with Gasteiger partial charge in [-0.1, -0.05) is 38.5 Å². The molecule has 0 aromatic carbocycles. The molecule has 2 aliphatic rings. The Morgan fingerprint density at radius 2 is 0.952 bits per heavy atom. The molecule has 4 nitrogen and oxygen atoms in total. The quantitative estimate of drug-likeness (QED) is 0.380. The van der Waals surface area contributed by atoms with Crippen LogP contribution in [0.4, 0.5) is 0 Å². The zero-order chi connectivity index (χ0) is 13.9. The average molecular weight is 280 g/mol. The van der Waals surface area contributed by atoms with Gasteiger partial charge in [0.2, 0.25) is 0 Å². The van der Waals surface area contributed by atoms with Crippen LogP contribution >= 0.6 is 0 Å². The number of rotatable bonds is 4. The molecule has 2 aliphatic carbocycles. The van der Waals surface area contributed by atoms with Crippen molar-refractivity contribution in [3.63, 3.8) is 0 Å². The Hall–Kier alpha value is 0.135. The van der Waals surface area contributed by atoms with Crippen molar-refractivity contribution in [3.8, 4) is 0 Å². The molecule has 2 rings (SSSR count). The van der Waals surface area contributed by atoms with Crippen LogP contribution in [0.25, 0.3) is 0 Å². The fourth-order valence-corrected chi connectivity index (χ4v) is 4.20. The van der Waals surface area contributed by atoms with E-state index in [0.29, 0.717) is 25.7 Å². The van der Waals surface area contributed by atoms with Gasteiger partial charge in [-0.15, -0.1) is 0 Å². The zero-order valence-electron chi connectivity index (χ0n) is 13.4. The van der Waals surface area contributed by atoms with Crippen molar-refractivity contribution < 1.29 is 57.5 Å². The summed E-state index contributed by atoms with van der Waals surface area (Å²) in [7, 11) is 0. The van der Waals surface area contributed by atoms with E-state index in [2.05, 4.69) is 0 Å². The first-order chi connectivity index (χ1) is 9.10. The average Bonchev–Trinajstić information content (AvgIpc) is 2.41. The second-order valence-electron chi connectivity index (χ2n) is 6.11. The van der Waals surface area contributed by atoms with Crippen molar-refractivity contribution in [2.45, 2.75) is 64.2 Å². The van der Waals surface area contributed by atoms with Crippen molar-refractivity contribution in [2.75, 3.05) is 0 Å². The van der Waals surface area contributed by atoms with Gasteiger partial charge in [0.1, 0.15) is 0 Å². The summed E-state index contributed by atoms with van der Waals surface area (Å²) in [6, 6.07) is 0. The smallest absolute Gasteiger partial charge is 0.549 e. The van der Waals surface area contributed by atoms with Crippen molar-refractivity contribution in [1.29, 1.82) is 0 Å². The van der Waals surface area contributed by atoms with Gasteiger partial charge in [0.05, 0.1) is 17.4 Å². The van der Waals surface area contributed by atoms with Crippen LogP contribution in [0.3, 0.4) is 0 Å². The van der Waals surface area contributed by atoms with Crippen LogP contribution in [0.15, 0.2) is 0 Å². The number of carbonyl (C=O) groups is 2. The minimum Gasteiger partial charge on any atom is -0.549 e. The first kappa shape index (κ1) is 21.1. The molecule has 0 radical (unpaired) electrons. The van der Waals surface area contributed by atoms with E-state index in [1.54, 1.807) is 0 Å². The minimum absolute atomic E-state index is 0. The zero-order valence-corrected chi connectivity index (χ0v) is 13.4. The number of carboxylic acids is 2. The second kappa shape index (κ2) is 9.31. The maximum Gasteiger partial charge on any atom is 1.00 e. The van der Waals surface area contributed by atoms with E-state index in [4.69, 9.17) is 0 Å². The molecule has 0 bridgehead atoms. The van der Waals surface area contributed by atoms with Gasteiger partial charge in [0, 0.05) is 0 Å². The molecule has 6 heteroatoms. The number of aliphatic carboxylic acids is 2. The largest absolute Gasteiger partial charge is 1.00 e. The molecule has 0 atom stereocenters. The van der Waals surface area contributed by atoms with Gasteiger partial charge in [0.15, 0.2) is 0 Å². The van der Waals surface area contributed by atoms with E-state index in [0.717, 1.165) is 38.5 Å². The third-order valence-corrected chi connectivity index (χ3v) is 5.17. The molecule has 0 aliphatic heterocycles. The molecule has 0 amide bonds. The van der Waals surface area contributed by atoms with Crippen molar-refractivity contribution in [1.82, 2.24) is 0 Å². The summed E-state index contributed by atoms with van der Waals surface area (Å²) in [5.41, 5.74) is -1.75. The molecule has 0 N–H and O–H groups in total. The Labute approximate surface area is 150 Å². The first-order valence-corrected chi connectivity index (χ1v) is 7.53. The number of carboxylic acid groups (broad SMARTS) is 2. The molecule has 0 aromatic rings. The predicted molar refractivity (Wildman–Crippen MR) is 65.6 cm³/mol. The predicted octanol–water partition coefficient (Wildman–Crippen LogP) is -5.36. The van der Waals surface area contributed by atoms with Gasteiger partial charge in [-0.2, -0.15) is 0 Å². The molecule has 0 spiro atoms. The van der Waals surface area contributed by atoms with Gasteiger partial charge in [0.25, 0.3) is 0 Å². The van der Waals surface area contributed by atoms with Gasteiger partial charge in [-0.05, 0) is 37.5 Å². The summed E-state index contributed by atoms with van der Waals surface area (Å²) in [5.74, 6) is -3.43. The molecule has 0 unspecified atom stereocenters. The topological polar surface area (TPSA) is 80.3 Å². The maximum atomic E-state index is 11.7. The Balaban J connectivity index is 0.00000200. The van der Waals surface area contributed by atoms with Crippen molar-refractivity contribution >= 4 is 11.9 Å². The SMILES string of the molecule is O=C([O-])C(C(=O)[O-])(C1CCCCC1)C1CCCCC1.[Li+].[Li+]. The van der Waals surface area contributed by atoms with Crippen LogP contribution in [-0.4, -0.2) is 11.9 Å². The third-order valence-electron chi connectivity index (χ3n) is 5.17. The molecule has 2 fully saturated rings. The van der Waals surface area contributed by atoms with Crippen molar-refractivity contribution in [2.24, 2.45) is 17.3 Å². The summed E-state index contributed by atoms with van der Waals surface area (Å²) in [6.45, 7) is 0. The third kappa shape index (κ3) is 4.11. The summed E-state index contributed by atoms with van der Waals surface area (Å²) in [4.78, 5) is 23.5. The Bertz CT molecular complexity index is 314. The Kier molecular flexibility index (Phi) is 9.37. The van der Waals surface area contributed by atoms with E-state index < -0.39 is 17.4 Å². The maximum absolute atomic E-state index is 11.7. The van der Waals surface area contributed by atoms with Gasteiger partial charge < -0.3 is 19.8 Å². The molecule has 21 heavy (non-hydrogen) atoms. The number of carbonyl (C=O) groups excluding carboxylic acids is 2. The van der Waals surface area contributed by atoms with Crippen LogP contribution < -0.4 is 47.9 Å².